The van der Waals surface area contributed by atoms with Gasteiger partial charge >= 0.3 is 0 Å². The van der Waals surface area contributed by atoms with Gasteiger partial charge in [-0.1, -0.05) is 19.9 Å². The number of unbranched alkanes of at least 4 members (excludes halogenated alkanes) is 1. The highest BCUT2D eigenvalue weighted by atomic mass is 16.5. The maximum absolute atomic E-state index is 10.5. The van der Waals surface area contributed by atoms with Gasteiger partial charge in [0.15, 0.2) is 0 Å². The van der Waals surface area contributed by atoms with Crippen molar-refractivity contribution in [1.82, 2.24) is 5.32 Å². The number of hydrogen-bond acceptors (Lipinski definition) is 4. The van der Waals surface area contributed by atoms with Crippen LogP contribution in [0, 0.1) is 0 Å². The summed E-state index contributed by atoms with van der Waals surface area (Å²) in [4.78, 5) is 10.5. The van der Waals surface area contributed by atoms with Crippen molar-refractivity contribution in [1.29, 1.82) is 0 Å². The first-order valence-corrected chi connectivity index (χ1v) is 5.11. The number of nitrogens with two attached hydrogens (primary N) is 2. The Balaban J connectivity index is 0. The lowest BCUT2D eigenvalue weighted by Crippen LogP contribution is -2.23. The third-order valence-electron chi connectivity index (χ3n) is 1.34. The molecule has 0 aliphatic heterocycles. The van der Waals surface area contributed by atoms with E-state index in [9.17, 15) is 4.79 Å². The van der Waals surface area contributed by atoms with Crippen LogP contribution in [-0.2, 0) is 9.53 Å². The third kappa shape index (κ3) is 19.5. The zero-order chi connectivity index (χ0) is 11.9. The van der Waals surface area contributed by atoms with E-state index in [1.807, 2.05) is 0 Å². The number of hydrogen-bond donors (Lipinski definition) is 3. The molecule has 0 heterocycles. The van der Waals surface area contributed by atoms with Crippen LogP contribution in [0.4, 0.5) is 0 Å². The summed E-state index contributed by atoms with van der Waals surface area (Å²) in [7, 11) is 0. The molecule has 0 aromatic heterocycles. The van der Waals surface area contributed by atoms with Gasteiger partial charge in [0.2, 0.25) is 5.91 Å². The van der Waals surface area contributed by atoms with Crippen molar-refractivity contribution in [2.45, 2.75) is 19.8 Å². The van der Waals surface area contributed by atoms with Crippen molar-refractivity contribution in [3.8, 4) is 0 Å². The molecule has 0 unspecified atom stereocenters. The molecule has 0 atom stereocenters. The average Bonchev–Trinajstić information content (AvgIpc) is 2.28. The summed E-state index contributed by atoms with van der Waals surface area (Å²) in [6.45, 7) is 7.58. The van der Waals surface area contributed by atoms with E-state index >= 15 is 0 Å². The number of carbonyl (C=O) groups is 1. The summed E-state index contributed by atoms with van der Waals surface area (Å²) in [6, 6.07) is 0. The molecule has 0 aliphatic rings. The Bertz CT molecular complexity index is 150. The van der Waals surface area contributed by atoms with Gasteiger partial charge < -0.3 is 21.5 Å². The molecule has 0 rings (SSSR count). The van der Waals surface area contributed by atoms with Crippen LogP contribution >= 0.6 is 0 Å². The maximum atomic E-state index is 10.5. The summed E-state index contributed by atoms with van der Waals surface area (Å²) >= 11 is 0. The van der Waals surface area contributed by atoms with Crippen LogP contribution in [0.1, 0.15) is 19.8 Å². The first-order chi connectivity index (χ1) is 7.22. The molecule has 0 saturated carbocycles. The second kappa shape index (κ2) is 15.6. The van der Waals surface area contributed by atoms with E-state index in [1.54, 1.807) is 0 Å². The zero-order valence-corrected chi connectivity index (χ0v) is 9.50. The van der Waals surface area contributed by atoms with Crippen LogP contribution in [0.3, 0.4) is 0 Å². The van der Waals surface area contributed by atoms with Crippen molar-refractivity contribution in [2.24, 2.45) is 11.5 Å². The molecule has 15 heavy (non-hydrogen) atoms. The van der Waals surface area contributed by atoms with Crippen LogP contribution < -0.4 is 16.8 Å². The van der Waals surface area contributed by atoms with Crippen molar-refractivity contribution in [2.75, 3.05) is 26.4 Å². The Hall–Kier alpha value is -0.910. The summed E-state index contributed by atoms with van der Waals surface area (Å²) in [5, 5.41) is 2.51. The smallest absolute Gasteiger partial charge is 0.245 e. The maximum Gasteiger partial charge on any atom is 0.245 e. The number of ether oxygens (including phenoxy) is 1. The number of carbonyl (C=O) groups excluding carboxylic acids is 1. The van der Waals surface area contributed by atoms with E-state index in [0.29, 0.717) is 19.7 Å². The monoisotopic (exact) mass is 217 g/mol. The van der Waals surface area contributed by atoms with E-state index in [1.165, 1.54) is 6.08 Å². The average molecular weight is 217 g/mol. The third-order valence-corrected chi connectivity index (χ3v) is 1.34. The SMILES string of the molecule is C=CC(=O)NCOCCCC.NCCN. The van der Waals surface area contributed by atoms with Gasteiger partial charge in [-0.3, -0.25) is 4.79 Å². The topological polar surface area (TPSA) is 90.4 Å². The first-order valence-electron chi connectivity index (χ1n) is 5.11. The highest BCUT2D eigenvalue weighted by Gasteiger charge is 1.90. The standard InChI is InChI=1S/C8H15NO2.C2H8N2/c1-3-5-6-11-7-9-8(10)4-2;3-1-2-4/h4H,2-3,5-7H2,1H3,(H,9,10);1-4H2. The minimum Gasteiger partial charge on any atom is -0.361 e. The van der Waals surface area contributed by atoms with E-state index in [-0.39, 0.29) is 12.6 Å². The van der Waals surface area contributed by atoms with E-state index < -0.39 is 0 Å². The molecule has 0 aromatic carbocycles. The van der Waals surface area contributed by atoms with Crippen molar-refractivity contribution in [3.63, 3.8) is 0 Å². The molecule has 0 radical (unpaired) electrons. The van der Waals surface area contributed by atoms with Crippen molar-refractivity contribution in [3.05, 3.63) is 12.7 Å². The Labute approximate surface area is 91.8 Å². The van der Waals surface area contributed by atoms with E-state index in [2.05, 4.69) is 18.8 Å². The predicted molar refractivity (Wildman–Crippen MR) is 62.2 cm³/mol. The quantitative estimate of drug-likeness (QED) is 0.317. The van der Waals surface area contributed by atoms with Crippen molar-refractivity contribution < 1.29 is 9.53 Å². The number of amides is 1. The lowest BCUT2D eigenvalue weighted by molar-refractivity contribution is -0.118. The fraction of sp³-hybridized carbons (Fsp3) is 0.700. The molecular formula is C10H23N3O2. The molecule has 0 aromatic rings. The Morgan fingerprint density at radius 2 is 2.07 bits per heavy atom. The second-order valence-electron chi connectivity index (χ2n) is 2.73. The molecule has 5 heteroatoms. The van der Waals surface area contributed by atoms with Gasteiger partial charge in [-0.2, -0.15) is 0 Å². The second-order valence-corrected chi connectivity index (χ2v) is 2.73. The normalized spacial score (nSPS) is 8.73. The Kier molecular flexibility index (Phi) is 17.1. The van der Waals surface area contributed by atoms with E-state index in [0.717, 1.165) is 12.8 Å². The van der Waals surface area contributed by atoms with Crippen molar-refractivity contribution >= 4 is 5.91 Å². The van der Waals surface area contributed by atoms with Crippen LogP contribution in [0.2, 0.25) is 0 Å². The summed E-state index contributed by atoms with van der Waals surface area (Å²) in [5.74, 6) is -0.193. The molecule has 1 amide bonds. The highest BCUT2D eigenvalue weighted by Crippen LogP contribution is 1.85. The lowest BCUT2D eigenvalue weighted by atomic mass is 10.4. The number of rotatable bonds is 7. The summed E-state index contributed by atoms with van der Waals surface area (Å²) < 4.78 is 5.07. The molecule has 90 valence electrons. The van der Waals surface area contributed by atoms with Gasteiger partial charge in [-0.15, -0.1) is 0 Å². The van der Waals surface area contributed by atoms with Gasteiger partial charge in [-0.25, -0.2) is 0 Å². The fourth-order valence-corrected chi connectivity index (χ4v) is 0.513. The molecule has 0 spiro atoms. The van der Waals surface area contributed by atoms with Gasteiger partial charge in [0.1, 0.15) is 6.73 Å². The molecule has 0 fully saturated rings. The fourth-order valence-electron chi connectivity index (χ4n) is 0.513. The van der Waals surface area contributed by atoms with Crippen LogP contribution in [0.5, 0.6) is 0 Å². The van der Waals surface area contributed by atoms with Gasteiger partial charge in [-0.05, 0) is 12.5 Å². The summed E-state index contributed by atoms with van der Waals surface area (Å²) in [5.41, 5.74) is 9.81. The van der Waals surface area contributed by atoms with Gasteiger partial charge in [0.25, 0.3) is 0 Å². The molecule has 0 saturated heterocycles. The van der Waals surface area contributed by atoms with Gasteiger partial charge in [0.05, 0.1) is 0 Å². The number of nitrogens with one attached hydrogen (secondary N) is 1. The Morgan fingerprint density at radius 1 is 1.47 bits per heavy atom. The minimum atomic E-state index is -0.193. The molecule has 5 nitrogen and oxygen atoms in total. The van der Waals surface area contributed by atoms with Gasteiger partial charge in [0, 0.05) is 19.7 Å². The summed E-state index contributed by atoms with van der Waals surface area (Å²) in [6.07, 6.45) is 3.36. The Morgan fingerprint density at radius 3 is 2.47 bits per heavy atom. The molecule has 0 bridgehead atoms. The van der Waals surface area contributed by atoms with Crippen LogP contribution in [-0.4, -0.2) is 32.3 Å². The lowest BCUT2D eigenvalue weighted by Gasteiger charge is -2.02. The molecule has 5 N–H and O–H groups in total. The van der Waals surface area contributed by atoms with Crippen LogP contribution in [0.25, 0.3) is 0 Å². The largest absolute Gasteiger partial charge is 0.361 e. The zero-order valence-electron chi connectivity index (χ0n) is 9.50. The highest BCUT2D eigenvalue weighted by molar-refractivity contribution is 5.86. The van der Waals surface area contributed by atoms with Crippen LogP contribution in [0.15, 0.2) is 12.7 Å². The predicted octanol–water partition coefficient (Wildman–Crippen LogP) is -0.0334. The minimum absolute atomic E-state index is 0.193. The molecular weight excluding hydrogens is 194 g/mol. The van der Waals surface area contributed by atoms with E-state index in [4.69, 9.17) is 16.2 Å². The molecule has 0 aliphatic carbocycles. The first kappa shape index (κ1) is 16.5.